The van der Waals surface area contributed by atoms with Crippen molar-refractivity contribution in [2.45, 2.75) is 53.5 Å². The molecule has 1 aliphatic rings. The molecule has 0 aromatic carbocycles. The normalized spacial score (nSPS) is 20.8. The number of hydrogen-bond donors (Lipinski definition) is 1. The van der Waals surface area contributed by atoms with Crippen LogP contribution in [0.2, 0.25) is 0 Å². The summed E-state index contributed by atoms with van der Waals surface area (Å²) in [7, 11) is 0. The molecule has 1 heterocycles. The minimum Gasteiger partial charge on any atom is -0.341 e. The van der Waals surface area contributed by atoms with E-state index in [2.05, 4.69) is 13.8 Å². The third-order valence-corrected chi connectivity index (χ3v) is 3.99. The molecule has 0 aromatic rings. The number of carbonyl (C=O) groups excluding carboxylic acids is 1. The first kappa shape index (κ1) is 14.5. The van der Waals surface area contributed by atoms with E-state index in [4.69, 9.17) is 5.73 Å². The van der Waals surface area contributed by atoms with Gasteiger partial charge in [0.25, 0.3) is 0 Å². The van der Waals surface area contributed by atoms with Gasteiger partial charge in [-0.25, -0.2) is 0 Å². The number of amides is 1. The summed E-state index contributed by atoms with van der Waals surface area (Å²) in [6.45, 7) is 12.4. The second-order valence-corrected chi connectivity index (χ2v) is 6.75. The molecule has 1 unspecified atom stereocenters. The van der Waals surface area contributed by atoms with Gasteiger partial charge >= 0.3 is 0 Å². The van der Waals surface area contributed by atoms with Crippen molar-refractivity contribution in [3.63, 3.8) is 0 Å². The van der Waals surface area contributed by atoms with Gasteiger partial charge in [0.2, 0.25) is 5.91 Å². The topological polar surface area (TPSA) is 46.3 Å². The zero-order valence-electron chi connectivity index (χ0n) is 12.0. The van der Waals surface area contributed by atoms with E-state index in [0.717, 1.165) is 37.8 Å². The summed E-state index contributed by atoms with van der Waals surface area (Å²) in [6, 6.07) is -0.377. The second-order valence-electron chi connectivity index (χ2n) is 6.75. The predicted octanol–water partition coefficient (Wildman–Crippen LogP) is 2.25. The Morgan fingerprint density at radius 1 is 1.24 bits per heavy atom. The molecule has 0 aromatic heterocycles. The van der Waals surface area contributed by atoms with Crippen LogP contribution >= 0.6 is 0 Å². The Bertz CT molecular complexity index is 260. The first-order valence-corrected chi connectivity index (χ1v) is 6.78. The molecule has 1 aliphatic heterocycles. The molecule has 2 N–H and O–H groups in total. The van der Waals surface area contributed by atoms with Crippen LogP contribution in [0.1, 0.15) is 47.5 Å². The molecule has 0 bridgehead atoms. The molecule has 0 radical (unpaired) electrons. The first-order chi connectivity index (χ1) is 7.73. The summed E-state index contributed by atoms with van der Waals surface area (Å²) >= 11 is 0. The van der Waals surface area contributed by atoms with Crippen LogP contribution in [0.4, 0.5) is 0 Å². The molecule has 3 nitrogen and oxygen atoms in total. The number of hydrogen-bond acceptors (Lipinski definition) is 2. The highest BCUT2D eigenvalue weighted by atomic mass is 16.2. The number of piperidine rings is 1. The summed E-state index contributed by atoms with van der Waals surface area (Å²) in [5.41, 5.74) is 5.88. The van der Waals surface area contributed by atoms with Crippen molar-refractivity contribution in [1.82, 2.24) is 4.90 Å². The smallest absolute Gasteiger partial charge is 0.240 e. The van der Waals surface area contributed by atoms with Gasteiger partial charge in [0.1, 0.15) is 0 Å². The van der Waals surface area contributed by atoms with E-state index in [9.17, 15) is 4.79 Å². The van der Waals surface area contributed by atoms with Crippen LogP contribution in [0.5, 0.6) is 0 Å². The third-order valence-electron chi connectivity index (χ3n) is 3.99. The van der Waals surface area contributed by atoms with Gasteiger partial charge in [0.15, 0.2) is 0 Å². The van der Waals surface area contributed by atoms with E-state index >= 15 is 0 Å². The van der Waals surface area contributed by atoms with Gasteiger partial charge in [0.05, 0.1) is 6.04 Å². The van der Waals surface area contributed by atoms with Crippen molar-refractivity contribution in [3.05, 3.63) is 0 Å². The van der Waals surface area contributed by atoms with Gasteiger partial charge in [-0.3, -0.25) is 4.79 Å². The van der Waals surface area contributed by atoms with Crippen molar-refractivity contribution in [2.24, 2.45) is 23.0 Å². The molecule has 100 valence electrons. The first-order valence-electron chi connectivity index (χ1n) is 6.78. The lowest BCUT2D eigenvalue weighted by molar-refractivity contribution is -0.136. The van der Waals surface area contributed by atoms with Crippen LogP contribution in [-0.2, 0) is 4.79 Å². The third kappa shape index (κ3) is 3.70. The maximum atomic E-state index is 12.2. The predicted molar refractivity (Wildman–Crippen MR) is 71.6 cm³/mol. The lowest BCUT2D eigenvalue weighted by atomic mass is 9.84. The summed E-state index contributed by atoms with van der Waals surface area (Å²) in [4.78, 5) is 14.2. The minimum atomic E-state index is -0.377. The molecule has 0 spiro atoms. The number of rotatable bonds is 2. The Labute approximate surface area is 106 Å². The molecule has 1 fully saturated rings. The Morgan fingerprint density at radius 3 is 2.06 bits per heavy atom. The van der Waals surface area contributed by atoms with Crippen molar-refractivity contribution >= 4 is 5.91 Å². The SMILES string of the molecule is CC(C)C1CCN(C(=O)C(N)C(C)(C)C)CC1. The van der Waals surface area contributed by atoms with E-state index < -0.39 is 0 Å². The van der Waals surface area contributed by atoms with Crippen molar-refractivity contribution < 1.29 is 4.79 Å². The van der Waals surface area contributed by atoms with Crippen LogP contribution in [0.25, 0.3) is 0 Å². The van der Waals surface area contributed by atoms with Crippen LogP contribution < -0.4 is 5.73 Å². The summed E-state index contributed by atoms with van der Waals surface area (Å²) < 4.78 is 0. The van der Waals surface area contributed by atoms with Gasteiger partial charge in [-0.2, -0.15) is 0 Å². The number of nitrogens with zero attached hydrogens (tertiary/aromatic N) is 1. The molecule has 17 heavy (non-hydrogen) atoms. The average molecular weight is 240 g/mol. The summed E-state index contributed by atoms with van der Waals surface area (Å²) in [5, 5.41) is 0. The fourth-order valence-electron chi connectivity index (χ4n) is 2.35. The van der Waals surface area contributed by atoms with E-state index in [1.165, 1.54) is 0 Å². The second kappa shape index (κ2) is 5.38. The van der Waals surface area contributed by atoms with E-state index in [-0.39, 0.29) is 17.4 Å². The number of nitrogens with two attached hydrogens (primary N) is 1. The zero-order valence-corrected chi connectivity index (χ0v) is 12.0. The lowest BCUT2D eigenvalue weighted by Gasteiger charge is -2.37. The highest BCUT2D eigenvalue weighted by Crippen LogP contribution is 2.26. The van der Waals surface area contributed by atoms with Crippen LogP contribution in [0.15, 0.2) is 0 Å². The monoisotopic (exact) mass is 240 g/mol. The molecule has 1 atom stereocenters. The Kier molecular flexibility index (Phi) is 4.59. The molecule has 1 amide bonds. The van der Waals surface area contributed by atoms with E-state index in [0.29, 0.717) is 0 Å². The van der Waals surface area contributed by atoms with Crippen molar-refractivity contribution in [3.8, 4) is 0 Å². The molecule has 0 saturated carbocycles. The summed E-state index contributed by atoms with van der Waals surface area (Å²) in [5.74, 6) is 1.62. The Hall–Kier alpha value is -0.570. The van der Waals surface area contributed by atoms with Gasteiger partial charge in [0, 0.05) is 13.1 Å². The highest BCUT2D eigenvalue weighted by Gasteiger charge is 2.33. The van der Waals surface area contributed by atoms with Crippen LogP contribution in [-0.4, -0.2) is 29.9 Å². The minimum absolute atomic E-state index is 0.125. The molecule has 1 saturated heterocycles. The number of likely N-dealkylation sites (tertiary alicyclic amines) is 1. The maximum absolute atomic E-state index is 12.2. The maximum Gasteiger partial charge on any atom is 0.240 e. The molecule has 3 heteroatoms. The largest absolute Gasteiger partial charge is 0.341 e. The zero-order chi connectivity index (χ0) is 13.2. The highest BCUT2D eigenvalue weighted by molar-refractivity contribution is 5.82. The molecular weight excluding hydrogens is 212 g/mol. The Morgan fingerprint density at radius 2 is 1.71 bits per heavy atom. The fourth-order valence-corrected chi connectivity index (χ4v) is 2.35. The van der Waals surface area contributed by atoms with E-state index in [1.807, 2.05) is 25.7 Å². The molecule has 1 rings (SSSR count). The quantitative estimate of drug-likeness (QED) is 0.804. The van der Waals surface area contributed by atoms with Gasteiger partial charge in [-0.1, -0.05) is 34.6 Å². The Balaban J connectivity index is 2.52. The fraction of sp³-hybridized carbons (Fsp3) is 0.929. The lowest BCUT2D eigenvalue weighted by Crippen LogP contribution is -2.52. The molecule has 0 aliphatic carbocycles. The standard InChI is InChI=1S/C14H28N2O/c1-10(2)11-6-8-16(9-7-11)13(17)12(15)14(3,4)5/h10-12H,6-9,15H2,1-5H3. The summed E-state index contributed by atoms with van der Waals surface area (Å²) in [6.07, 6.45) is 2.25. The van der Waals surface area contributed by atoms with E-state index in [1.54, 1.807) is 0 Å². The average Bonchev–Trinajstić information content (AvgIpc) is 2.26. The molecular formula is C14H28N2O. The van der Waals surface area contributed by atoms with Crippen LogP contribution in [0, 0.1) is 17.3 Å². The number of carbonyl (C=O) groups is 1. The van der Waals surface area contributed by atoms with Gasteiger partial charge in [-0.05, 0) is 30.1 Å². The van der Waals surface area contributed by atoms with Gasteiger partial charge < -0.3 is 10.6 Å². The van der Waals surface area contributed by atoms with Crippen LogP contribution in [0.3, 0.4) is 0 Å². The van der Waals surface area contributed by atoms with Gasteiger partial charge in [-0.15, -0.1) is 0 Å². The van der Waals surface area contributed by atoms with Crippen molar-refractivity contribution in [2.75, 3.05) is 13.1 Å². The van der Waals surface area contributed by atoms with Crippen molar-refractivity contribution in [1.29, 1.82) is 0 Å².